The SMILES string of the molecule is COC(=O)c1cc(C2CCCN2)cn1C. The molecule has 15 heavy (non-hydrogen) atoms. The van der Waals surface area contributed by atoms with Crippen LogP contribution in [0.2, 0.25) is 0 Å². The molecule has 1 saturated heterocycles. The Morgan fingerprint density at radius 2 is 2.47 bits per heavy atom. The molecule has 2 heterocycles. The number of carbonyl (C=O) groups excluding carboxylic acids is 1. The van der Waals surface area contributed by atoms with Crippen LogP contribution in [0.1, 0.15) is 34.9 Å². The van der Waals surface area contributed by atoms with Gasteiger partial charge in [0, 0.05) is 19.3 Å². The van der Waals surface area contributed by atoms with Gasteiger partial charge in [-0.3, -0.25) is 0 Å². The van der Waals surface area contributed by atoms with Gasteiger partial charge in [-0.25, -0.2) is 4.79 Å². The number of nitrogens with zero attached hydrogens (tertiary/aromatic N) is 1. The van der Waals surface area contributed by atoms with E-state index >= 15 is 0 Å². The Labute approximate surface area is 89.2 Å². The van der Waals surface area contributed by atoms with Crippen molar-refractivity contribution in [1.29, 1.82) is 0 Å². The molecule has 2 rings (SSSR count). The van der Waals surface area contributed by atoms with Gasteiger partial charge in [0.15, 0.2) is 0 Å². The van der Waals surface area contributed by atoms with Gasteiger partial charge in [0.2, 0.25) is 0 Å². The molecule has 1 aliphatic heterocycles. The molecular weight excluding hydrogens is 192 g/mol. The van der Waals surface area contributed by atoms with Crippen LogP contribution in [0.25, 0.3) is 0 Å². The van der Waals surface area contributed by atoms with E-state index in [1.54, 1.807) is 0 Å². The van der Waals surface area contributed by atoms with E-state index < -0.39 is 0 Å². The number of methoxy groups -OCH3 is 1. The third-order valence-corrected chi connectivity index (χ3v) is 2.88. The van der Waals surface area contributed by atoms with Crippen LogP contribution in [0.5, 0.6) is 0 Å². The zero-order chi connectivity index (χ0) is 10.8. The number of aromatic nitrogens is 1. The molecule has 0 aromatic carbocycles. The number of rotatable bonds is 2. The number of esters is 1. The fourth-order valence-electron chi connectivity index (χ4n) is 2.06. The molecule has 1 aromatic heterocycles. The Morgan fingerprint density at radius 3 is 3.07 bits per heavy atom. The number of hydrogen-bond donors (Lipinski definition) is 1. The maximum absolute atomic E-state index is 11.4. The van der Waals surface area contributed by atoms with Gasteiger partial charge < -0.3 is 14.6 Å². The third kappa shape index (κ3) is 1.90. The number of carbonyl (C=O) groups is 1. The average Bonchev–Trinajstić information content (AvgIpc) is 2.84. The van der Waals surface area contributed by atoms with Crippen LogP contribution in [-0.2, 0) is 11.8 Å². The number of aryl methyl sites for hydroxylation is 1. The van der Waals surface area contributed by atoms with E-state index in [4.69, 9.17) is 4.74 Å². The lowest BCUT2D eigenvalue weighted by Crippen LogP contribution is -2.11. The van der Waals surface area contributed by atoms with Crippen LogP contribution in [-0.4, -0.2) is 24.2 Å². The minimum atomic E-state index is -0.276. The second kappa shape index (κ2) is 4.06. The molecule has 4 nitrogen and oxygen atoms in total. The fourth-order valence-corrected chi connectivity index (χ4v) is 2.06. The largest absolute Gasteiger partial charge is 0.464 e. The van der Waals surface area contributed by atoms with Crippen molar-refractivity contribution >= 4 is 5.97 Å². The van der Waals surface area contributed by atoms with Crippen LogP contribution in [0.3, 0.4) is 0 Å². The minimum absolute atomic E-state index is 0.276. The Kier molecular flexibility index (Phi) is 2.77. The average molecular weight is 208 g/mol. The molecule has 1 aliphatic rings. The molecule has 1 N–H and O–H groups in total. The van der Waals surface area contributed by atoms with Gasteiger partial charge in [-0.05, 0) is 31.0 Å². The Balaban J connectivity index is 2.23. The highest BCUT2D eigenvalue weighted by atomic mass is 16.5. The van der Waals surface area contributed by atoms with Gasteiger partial charge in [-0.2, -0.15) is 0 Å². The molecule has 1 unspecified atom stereocenters. The molecule has 0 saturated carbocycles. The lowest BCUT2D eigenvalue weighted by atomic mass is 10.1. The zero-order valence-corrected chi connectivity index (χ0v) is 9.12. The summed E-state index contributed by atoms with van der Waals surface area (Å²) in [5, 5.41) is 3.40. The first kappa shape index (κ1) is 10.2. The first-order chi connectivity index (χ1) is 7.22. The summed E-state index contributed by atoms with van der Waals surface area (Å²) < 4.78 is 6.53. The van der Waals surface area contributed by atoms with Gasteiger partial charge in [-0.15, -0.1) is 0 Å². The number of hydrogen-bond acceptors (Lipinski definition) is 3. The van der Waals surface area contributed by atoms with Crippen molar-refractivity contribution in [3.8, 4) is 0 Å². The molecule has 1 fully saturated rings. The van der Waals surface area contributed by atoms with Crippen molar-refractivity contribution in [3.63, 3.8) is 0 Å². The molecule has 0 amide bonds. The summed E-state index contributed by atoms with van der Waals surface area (Å²) in [6, 6.07) is 2.31. The Hall–Kier alpha value is -1.29. The van der Waals surface area contributed by atoms with E-state index in [-0.39, 0.29) is 5.97 Å². The van der Waals surface area contributed by atoms with Crippen LogP contribution < -0.4 is 5.32 Å². The van der Waals surface area contributed by atoms with Crippen molar-refractivity contribution in [3.05, 3.63) is 23.5 Å². The molecular formula is C11H16N2O2. The van der Waals surface area contributed by atoms with Gasteiger partial charge in [-0.1, -0.05) is 0 Å². The summed E-state index contributed by atoms with van der Waals surface area (Å²) in [4.78, 5) is 11.4. The first-order valence-electron chi connectivity index (χ1n) is 5.20. The Morgan fingerprint density at radius 1 is 1.67 bits per heavy atom. The highest BCUT2D eigenvalue weighted by Gasteiger charge is 2.20. The van der Waals surface area contributed by atoms with Crippen molar-refractivity contribution in [1.82, 2.24) is 9.88 Å². The minimum Gasteiger partial charge on any atom is -0.464 e. The van der Waals surface area contributed by atoms with Crippen molar-refractivity contribution < 1.29 is 9.53 Å². The summed E-state index contributed by atoms with van der Waals surface area (Å²) in [5.74, 6) is -0.276. The first-order valence-corrected chi connectivity index (χ1v) is 5.20. The van der Waals surface area contributed by atoms with Crippen LogP contribution in [0.15, 0.2) is 12.3 Å². The molecule has 0 aliphatic carbocycles. The monoisotopic (exact) mass is 208 g/mol. The van der Waals surface area contributed by atoms with Crippen molar-refractivity contribution in [2.75, 3.05) is 13.7 Å². The maximum Gasteiger partial charge on any atom is 0.354 e. The molecule has 4 heteroatoms. The van der Waals surface area contributed by atoms with E-state index in [9.17, 15) is 4.79 Å². The van der Waals surface area contributed by atoms with Gasteiger partial charge in [0.05, 0.1) is 7.11 Å². The van der Waals surface area contributed by atoms with Gasteiger partial charge >= 0.3 is 5.97 Å². The Bertz CT molecular complexity index is 365. The standard InChI is InChI=1S/C11H16N2O2/c1-13-7-8(9-4-3-5-12-9)6-10(13)11(14)15-2/h6-7,9,12H,3-5H2,1-2H3. The predicted molar refractivity (Wildman–Crippen MR) is 56.7 cm³/mol. The molecule has 1 aromatic rings. The third-order valence-electron chi connectivity index (χ3n) is 2.88. The molecule has 0 spiro atoms. The number of ether oxygens (including phenoxy) is 1. The highest BCUT2D eigenvalue weighted by Crippen LogP contribution is 2.24. The molecule has 1 atom stereocenters. The quantitative estimate of drug-likeness (QED) is 0.743. The lowest BCUT2D eigenvalue weighted by molar-refractivity contribution is 0.0590. The van der Waals surface area contributed by atoms with Crippen molar-refractivity contribution in [2.24, 2.45) is 7.05 Å². The summed E-state index contributed by atoms with van der Waals surface area (Å²) in [6.45, 7) is 1.06. The summed E-state index contributed by atoms with van der Waals surface area (Å²) in [5.41, 5.74) is 1.79. The van der Waals surface area contributed by atoms with Gasteiger partial charge in [0.1, 0.15) is 5.69 Å². The van der Waals surface area contributed by atoms with E-state index in [2.05, 4.69) is 5.32 Å². The predicted octanol–water partition coefficient (Wildman–Crippen LogP) is 1.24. The van der Waals surface area contributed by atoms with E-state index in [0.29, 0.717) is 11.7 Å². The van der Waals surface area contributed by atoms with Crippen LogP contribution in [0.4, 0.5) is 0 Å². The highest BCUT2D eigenvalue weighted by molar-refractivity contribution is 5.87. The van der Waals surface area contributed by atoms with Gasteiger partial charge in [0.25, 0.3) is 0 Å². The molecule has 0 bridgehead atoms. The van der Waals surface area contributed by atoms with E-state index in [0.717, 1.165) is 13.0 Å². The smallest absolute Gasteiger partial charge is 0.354 e. The summed E-state index contributed by atoms with van der Waals surface area (Å²) in [7, 11) is 3.27. The lowest BCUT2D eigenvalue weighted by Gasteiger charge is -2.05. The van der Waals surface area contributed by atoms with Crippen LogP contribution >= 0.6 is 0 Å². The zero-order valence-electron chi connectivity index (χ0n) is 9.12. The van der Waals surface area contributed by atoms with Crippen molar-refractivity contribution in [2.45, 2.75) is 18.9 Å². The van der Waals surface area contributed by atoms with Crippen LogP contribution in [0, 0.1) is 0 Å². The van der Waals surface area contributed by atoms with E-state index in [1.165, 1.54) is 19.1 Å². The molecule has 82 valence electrons. The molecule has 0 radical (unpaired) electrons. The second-order valence-electron chi connectivity index (χ2n) is 3.91. The van der Waals surface area contributed by atoms with E-state index in [1.807, 2.05) is 23.9 Å². The fraction of sp³-hybridized carbons (Fsp3) is 0.545. The second-order valence-corrected chi connectivity index (χ2v) is 3.91. The number of nitrogens with one attached hydrogen (secondary N) is 1. The maximum atomic E-state index is 11.4. The summed E-state index contributed by atoms with van der Waals surface area (Å²) >= 11 is 0. The topological polar surface area (TPSA) is 43.3 Å². The summed E-state index contributed by atoms with van der Waals surface area (Å²) in [6.07, 6.45) is 4.34. The normalized spacial score (nSPS) is 20.5.